The lowest BCUT2D eigenvalue weighted by atomic mass is 9.83. The van der Waals surface area contributed by atoms with E-state index in [4.69, 9.17) is 10.1 Å². The van der Waals surface area contributed by atoms with Gasteiger partial charge in [0.1, 0.15) is 17.3 Å². The van der Waals surface area contributed by atoms with Gasteiger partial charge in [-0.25, -0.2) is 9.18 Å². The van der Waals surface area contributed by atoms with Crippen molar-refractivity contribution in [2.75, 3.05) is 12.4 Å². The number of nitrogens with one attached hydrogen (secondary N) is 2. The van der Waals surface area contributed by atoms with Gasteiger partial charge in [0.2, 0.25) is 0 Å². The van der Waals surface area contributed by atoms with Crippen molar-refractivity contribution >= 4 is 29.7 Å². The number of benzene rings is 2. The highest BCUT2D eigenvalue weighted by Gasteiger charge is 2.26. The number of amides is 1. The topological polar surface area (TPSA) is 109 Å². The van der Waals surface area contributed by atoms with Crippen molar-refractivity contribution in [3.05, 3.63) is 64.5 Å². The number of hydrogen-bond acceptors (Lipinski definition) is 6. The summed E-state index contributed by atoms with van der Waals surface area (Å²) in [5.74, 6) is -2.01. The van der Waals surface area contributed by atoms with Crippen molar-refractivity contribution in [2.24, 2.45) is 0 Å². The van der Waals surface area contributed by atoms with E-state index in [9.17, 15) is 19.1 Å². The van der Waals surface area contributed by atoms with Gasteiger partial charge in [-0.3, -0.25) is 4.79 Å². The summed E-state index contributed by atoms with van der Waals surface area (Å²) in [6, 6.07) is 8.75. The van der Waals surface area contributed by atoms with Gasteiger partial charge in [0, 0.05) is 18.0 Å². The Balaban J connectivity index is 2.62. The summed E-state index contributed by atoms with van der Waals surface area (Å²) in [5, 5.41) is 20.8. The number of rotatable bonds is 6. The van der Waals surface area contributed by atoms with Gasteiger partial charge in [0.05, 0.1) is 18.2 Å². The highest BCUT2D eigenvalue weighted by molar-refractivity contribution is 6.21. The van der Waals surface area contributed by atoms with Crippen molar-refractivity contribution < 1.29 is 28.6 Å². The van der Waals surface area contributed by atoms with E-state index in [1.807, 2.05) is 40.7 Å². The first-order valence-corrected chi connectivity index (χ1v) is 10.3. The van der Waals surface area contributed by atoms with Crippen molar-refractivity contribution in [3.63, 3.8) is 0 Å². The number of aliphatic hydroxyl groups excluding tert-OH is 1. The minimum atomic E-state index is -0.907. The minimum absolute atomic E-state index is 0.00219. The smallest absolute Gasteiger partial charge is 0.506 e. The number of methoxy groups -OCH3 is 1. The third-order valence-electron chi connectivity index (χ3n) is 4.96. The van der Waals surface area contributed by atoms with Crippen LogP contribution < -0.4 is 10.1 Å². The lowest BCUT2D eigenvalue weighted by Crippen LogP contribution is -2.22. The highest BCUT2D eigenvalue weighted by atomic mass is 19.1. The molecule has 0 unspecified atom stereocenters. The van der Waals surface area contributed by atoms with E-state index in [0.29, 0.717) is 11.9 Å². The molecule has 3 N–H and O–H groups in total. The van der Waals surface area contributed by atoms with E-state index < -0.39 is 34.6 Å². The summed E-state index contributed by atoms with van der Waals surface area (Å²) in [6.07, 6.45) is -0.252. The van der Waals surface area contributed by atoms with E-state index in [1.165, 1.54) is 31.4 Å². The molecule has 0 heterocycles. The van der Waals surface area contributed by atoms with Crippen LogP contribution in [-0.2, 0) is 14.9 Å². The maximum atomic E-state index is 14.1. The summed E-state index contributed by atoms with van der Waals surface area (Å²) in [5.41, 5.74) is 0.747. The van der Waals surface area contributed by atoms with Gasteiger partial charge >= 0.3 is 6.16 Å². The van der Waals surface area contributed by atoms with Crippen LogP contribution in [0.25, 0.3) is 5.76 Å². The average molecular weight is 457 g/mol. The molecule has 0 fully saturated rings. The van der Waals surface area contributed by atoms with Gasteiger partial charge in [-0.2, -0.15) is 0 Å². The molecule has 7 nitrogen and oxygen atoms in total. The van der Waals surface area contributed by atoms with Crippen molar-refractivity contribution in [1.82, 2.24) is 0 Å². The van der Waals surface area contributed by atoms with Gasteiger partial charge in [0.25, 0.3) is 5.91 Å². The van der Waals surface area contributed by atoms with Crippen LogP contribution in [0, 0.1) is 11.2 Å². The van der Waals surface area contributed by atoms with Crippen LogP contribution in [-0.4, -0.2) is 30.5 Å². The molecule has 0 aromatic heterocycles. The number of aliphatic hydroxyl groups is 1. The Morgan fingerprint density at radius 3 is 2.33 bits per heavy atom. The molecule has 0 aliphatic carbocycles. The molecular weight excluding hydrogens is 427 g/mol. The second kappa shape index (κ2) is 10.3. The van der Waals surface area contributed by atoms with Crippen molar-refractivity contribution in [2.45, 2.75) is 46.0 Å². The summed E-state index contributed by atoms with van der Waals surface area (Å²) in [7, 11) is 1.19. The first-order chi connectivity index (χ1) is 15.4. The van der Waals surface area contributed by atoms with Crippen molar-refractivity contribution in [3.8, 4) is 5.75 Å². The fourth-order valence-electron chi connectivity index (χ4n) is 3.22. The summed E-state index contributed by atoms with van der Waals surface area (Å²) in [6.45, 7) is 9.73. The van der Waals surface area contributed by atoms with E-state index in [0.717, 1.165) is 17.2 Å². The molecule has 0 spiro atoms. The Morgan fingerprint density at radius 2 is 1.82 bits per heavy atom. The second-order valence-electron chi connectivity index (χ2n) is 8.74. The monoisotopic (exact) mass is 456 g/mol. The average Bonchev–Trinajstić information content (AvgIpc) is 2.73. The number of carbonyl (C=O) groups excluding carboxylic acids is 2. The first kappa shape index (κ1) is 25.6. The number of halogens is 1. The SMILES string of the molecule is COC(=O)Oc1cc(NC(=O)C(C=N)=C(O)c2ccccc2F)c(C(C)(C)C)cc1C(C)C. The van der Waals surface area contributed by atoms with Crippen LogP contribution in [0.1, 0.15) is 57.2 Å². The molecule has 0 saturated heterocycles. The predicted molar refractivity (Wildman–Crippen MR) is 126 cm³/mol. The molecule has 33 heavy (non-hydrogen) atoms. The molecule has 0 bridgehead atoms. The third kappa shape index (κ3) is 5.97. The van der Waals surface area contributed by atoms with Gasteiger partial charge in [-0.1, -0.05) is 46.8 Å². The Labute approximate surface area is 192 Å². The predicted octanol–water partition coefficient (Wildman–Crippen LogP) is 5.95. The van der Waals surface area contributed by atoms with Gasteiger partial charge in [0.15, 0.2) is 0 Å². The molecule has 2 aromatic carbocycles. The molecule has 0 radical (unpaired) electrons. The lowest BCUT2D eigenvalue weighted by Gasteiger charge is -2.26. The lowest BCUT2D eigenvalue weighted by molar-refractivity contribution is -0.112. The van der Waals surface area contributed by atoms with Crippen LogP contribution in [0.3, 0.4) is 0 Å². The van der Waals surface area contributed by atoms with E-state index in [2.05, 4.69) is 10.1 Å². The second-order valence-corrected chi connectivity index (χ2v) is 8.74. The number of hydrogen-bond donors (Lipinski definition) is 3. The van der Waals surface area contributed by atoms with E-state index >= 15 is 0 Å². The van der Waals surface area contributed by atoms with Gasteiger partial charge in [-0.05, 0) is 40.7 Å². The van der Waals surface area contributed by atoms with Crippen LogP contribution in [0.2, 0.25) is 0 Å². The zero-order chi connectivity index (χ0) is 24.9. The van der Waals surface area contributed by atoms with Crippen LogP contribution in [0.15, 0.2) is 42.0 Å². The summed E-state index contributed by atoms with van der Waals surface area (Å²) < 4.78 is 24.0. The maximum absolute atomic E-state index is 14.1. The molecule has 0 saturated carbocycles. The standard InChI is InChI=1S/C25H29FN2O5/c1-14(2)16-11-18(25(3,4)5)20(12-21(16)33-24(31)32-6)28-23(30)17(13-27)22(29)15-9-7-8-10-19(15)26/h7-14,27,29H,1-6H3,(H,28,30). The fraction of sp³-hybridized carbons (Fsp3) is 0.320. The Bertz CT molecular complexity index is 1100. The molecule has 0 atom stereocenters. The number of carbonyl (C=O) groups is 2. The van der Waals surface area contributed by atoms with Crippen molar-refractivity contribution in [1.29, 1.82) is 5.41 Å². The number of ether oxygens (including phenoxy) is 2. The van der Waals surface area contributed by atoms with Gasteiger partial charge < -0.3 is 25.3 Å². The quantitative estimate of drug-likeness (QED) is 0.164. The Kier molecular flexibility index (Phi) is 7.98. The fourth-order valence-corrected chi connectivity index (χ4v) is 3.22. The van der Waals surface area contributed by atoms with E-state index in [-0.39, 0.29) is 17.2 Å². The molecule has 2 aromatic rings. The third-order valence-corrected chi connectivity index (χ3v) is 4.96. The van der Waals surface area contributed by atoms with E-state index in [1.54, 1.807) is 0 Å². The molecule has 2 rings (SSSR count). The molecule has 1 amide bonds. The largest absolute Gasteiger partial charge is 0.513 e. The molecule has 0 aliphatic heterocycles. The zero-order valence-corrected chi connectivity index (χ0v) is 19.6. The zero-order valence-electron chi connectivity index (χ0n) is 19.6. The molecule has 0 aliphatic rings. The van der Waals surface area contributed by atoms with Crippen LogP contribution >= 0.6 is 0 Å². The molecule has 8 heteroatoms. The summed E-state index contributed by atoms with van der Waals surface area (Å²) in [4.78, 5) is 24.8. The normalized spacial score (nSPS) is 12.1. The Hall–Kier alpha value is -3.68. The molecule has 176 valence electrons. The van der Waals surface area contributed by atoms with Crippen LogP contribution in [0.5, 0.6) is 5.75 Å². The first-order valence-electron chi connectivity index (χ1n) is 10.3. The maximum Gasteiger partial charge on any atom is 0.513 e. The van der Waals surface area contributed by atoms with Crippen LogP contribution in [0.4, 0.5) is 14.9 Å². The summed E-state index contributed by atoms with van der Waals surface area (Å²) >= 11 is 0. The highest BCUT2D eigenvalue weighted by Crippen LogP contribution is 2.38. The Morgan fingerprint density at radius 1 is 1.18 bits per heavy atom. The van der Waals surface area contributed by atoms with Gasteiger partial charge in [-0.15, -0.1) is 0 Å². The minimum Gasteiger partial charge on any atom is -0.506 e. The number of anilines is 1. The molecular formula is C25H29FN2O5.